The summed E-state index contributed by atoms with van der Waals surface area (Å²) in [6.07, 6.45) is 4.84. The largest absolute Gasteiger partial charge is 0.396 e. The standard InChI is InChI=1S/C15H20N2O2S/c1-20-10-12(6-7-18)17-15(19)8-11-9-16-14-5-3-2-4-13(11)14/h2-5,9,12,16,18H,6-8,10H2,1H3,(H,17,19). The maximum atomic E-state index is 12.1. The quantitative estimate of drug-likeness (QED) is 0.731. The monoisotopic (exact) mass is 292 g/mol. The van der Waals surface area contributed by atoms with Crippen LogP contribution in [0.5, 0.6) is 0 Å². The number of benzene rings is 1. The molecule has 0 aliphatic heterocycles. The molecule has 108 valence electrons. The zero-order valence-corrected chi connectivity index (χ0v) is 12.4. The van der Waals surface area contributed by atoms with E-state index in [1.54, 1.807) is 11.8 Å². The smallest absolute Gasteiger partial charge is 0.224 e. The number of aromatic amines is 1. The summed E-state index contributed by atoms with van der Waals surface area (Å²) in [7, 11) is 0. The van der Waals surface area contributed by atoms with Crippen molar-refractivity contribution >= 4 is 28.6 Å². The van der Waals surface area contributed by atoms with Crippen molar-refractivity contribution < 1.29 is 9.90 Å². The van der Waals surface area contributed by atoms with Gasteiger partial charge in [0, 0.05) is 35.5 Å². The van der Waals surface area contributed by atoms with E-state index < -0.39 is 0 Å². The lowest BCUT2D eigenvalue weighted by atomic mass is 10.1. The molecule has 0 saturated heterocycles. The molecular formula is C15H20N2O2S. The minimum Gasteiger partial charge on any atom is -0.396 e. The second kappa shape index (κ2) is 7.36. The van der Waals surface area contributed by atoms with E-state index in [2.05, 4.69) is 10.3 Å². The fourth-order valence-electron chi connectivity index (χ4n) is 2.28. The lowest BCUT2D eigenvalue weighted by Gasteiger charge is -2.16. The molecule has 5 heteroatoms. The van der Waals surface area contributed by atoms with Crippen LogP contribution in [0, 0.1) is 0 Å². The molecule has 1 heterocycles. The van der Waals surface area contributed by atoms with Crippen molar-refractivity contribution in [2.45, 2.75) is 18.9 Å². The molecule has 0 bridgehead atoms. The van der Waals surface area contributed by atoms with E-state index in [-0.39, 0.29) is 18.6 Å². The van der Waals surface area contributed by atoms with Crippen molar-refractivity contribution in [2.24, 2.45) is 0 Å². The number of thioether (sulfide) groups is 1. The average molecular weight is 292 g/mol. The van der Waals surface area contributed by atoms with Crippen LogP contribution in [0.3, 0.4) is 0 Å². The SMILES string of the molecule is CSCC(CCO)NC(=O)Cc1c[nH]c2ccccc12. The maximum absolute atomic E-state index is 12.1. The third-order valence-corrected chi connectivity index (χ3v) is 3.97. The number of H-pyrrole nitrogens is 1. The van der Waals surface area contributed by atoms with Crippen LogP contribution >= 0.6 is 11.8 Å². The minimum absolute atomic E-state index is 0.00209. The average Bonchev–Trinajstić information content (AvgIpc) is 2.83. The van der Waals surface area contributed by atoms with Crippen molar-refractivity contribution in [1.82, 2.24) is 10.3 Å². The van der Waals surface area contributed by atoms with Gasteiger partial charge in [-0.1, -0.05) is 18.2 Å². The first-order valence-corrected chi connectivity index (χ1v) is 8.08. The Labute approximate surface area is 123 Å². The van der Waals surface area contributed by atoms with Gasteiger partial charge < -0.3 is 15.4 Å². The summed E-state index contributed by atoms with van der Waals surface area (Å²) >= 11 is 1.67. The van der Waals surface area contributed by atoms with Crippen LogP contribution in [0.1, 0.15) is 12.0 Å². The summed E-state index contributed by atoms with van der Waals surface area (Å²) in [4.78, 5) is 15.3. The van der Waals surface area contributed by atoms with Crippen LogP contribution in [0.25, 0.3) is 10.9 Å². The topological polar surface area (TPSA) is 65.1 Å². The molecule has 1 unspecified atom stereocenters. The van der Waals surface area contributed by atoms with Crippen LogP contribution in [-0.4, -0.2) is 40.7 Å². The molecule has 1 aromatic carbocycles. The Kier molecular flexibility index (Phi) is 5.49. The fourth-order valence-corrected chi connectivity index (χ4v) is 2.94. The van der Waals surface area contributed by atoms with Gasteiger partial charge in [-0.05, 0) is 24.3 Å². The Morgan fingerprint density at radius 3 is 3.00 bits per heavy atom. The fraction of sp³-hybridized carbons (Fsp3) is 0.400. The van der Waals surface area contributed by atoms with Gasteiger partial charge in [0.05, 0.1) is 6.42 Å². The molecule has 0 spiro atoms. The number of rotatable bonds is 7. The van der Waals surface area contributed by atoms with Gasteiger partial charge in [-0.3, -0.25) is 4.79 Å². The predicted molar refractivity (Wildman–Crippen MR) is 84.0 cm³/mol. The van der Waals surface area contributed by atoms with Gasteiger partial charge >= 0.3 is 0 Å². The summed E-state index contributed by atoms with van der Waals surface area (Å²) in [5, 5.41) is 13.1. The van der Waals surface area contributed by atoms with E-state index in [4.69, 9.17) is 5.11 Å². The van der Waals surface area contributed by atoms with Gasteiger partial charge in [-0.15, -0.1) is 0 Å². The van der Waals surface area contributed by atoms with Crippen molar-refractivity contribution in [2.75, 3.05) is 18.6 Å². The highest BCUT2D eigenvalue weighted by Crippen LogP contribution is 2.18. The molecule has 0 saturated carbocycles. The molecule has 20 heavy (non-hydrogen) atoms. The number of aliphatic hydroxyl groups excluding tert-OH is 1. The molecule has 2 rings (SSSR count). The molecule has 1 aromatic heterocycles. The highest BCUT2D eigenvalue weighted by Gasteiger charge is 2.13. The van der Waals surface area contributed by atoms with Crippen molar-refractivity contribution in [3.8, 4) is 0 Å². The highest BCUT2D eigenvalue weighted by atomic mass is 32.2. The maximum Gasteiger partial charge on any atom is 0.224 e. The first-order valence-electron chi connectivity index (χ1n) is 6.68. The molecule has 1 atom stereocenters. The van der Waals surface area contributed by atoms with Crippen LogP contribution < -0.4 is 5.32 Å². The summed E-state index contributed by atoms with van der Waals surface area (Å²) in [6.45, 7) is 0.0958. The van der Waals surface area contributed by atoms with Gasteiger partial charge in [0.2, 0.25) is 5.91 Å². The van der Waals surface area contributed by atoms with Gasteiger partial charge in [-0.25, -0.2) is 0 Å². The van der Waals surface area contributed by atoms with Crippen LogP contribution in [0.2, 0.25) is 0 Å². The van der Waals surface area contributed by atoms with E-state index >= 15 is 0 Å². The van der Waals surface area contributed by atoms with Crippen LogP contribution in [0.15, 0.2) is 30.5 Å². The summed E-state index contributed by atoms with van der Waals surface area (Å²) in [6, 6.07) is 7.99. The number of amides is 1. The third-order valence-electron chi connectivity index (χ3n) is 3.24. The molecular weight excluding hydrogens is 272 g/mol. The molecule has 3 N–H and O–H groups in total. The zero-order valence-electron chi connectivity index (χ0n) is 11.6. The highest BCUT2D eigenvalue weighted by molar-refractivity contribution is 7.98. The van der Waals surface area contributed by atoms with E-state index in [0.29, 0.717) is 12.8 Å². The normalized spacial score (nSPS) is 12.5. The number of fused-ring (bicyclic) bond motifs is 1. The molecule has 0 fully saturated rings. The number of para-hydroxylation sites is 1. The number of aromatic nitrogens is 1. The van der Waals surface area contributed by atoms with Crippen molar-refractivity contribution in [3.63, 3.8) is 0 Å². The Balaban J connectivity index is 2.00. The number of aliphatic hydroxyl groups is 1. The summed E-state index contributed by atoms with van der Waals surface area (Å²) in [5.41, 5.74) is 2.05. The minimum atomic E-state index is 0.00209. The number of nitrogens with one attached hydrogen (secondary N) is 2. The number of carbonyl (C=O) groups is 1. The lowest BCUT2D eigenvalue weighted by Crippen LogP contribution is -2.38. The second-order valence-corrected chi connectivity index (χ2v) is 5.68. The molecule has 1 amide bonds. The van der Waals surface area contributed by atoms with E-state index in [0.717, 1.165) is 22.2 Å². The van der Waals surface area contributed by atoms with E-state index in [1.165, 1.54) is 0 Å². The molecule has 0 radical (unpaired) electrons. The molecule has 0 aliphatic carbocycles. The van der Waals surface area contributed by atoms with Crippen molar-refractivity contribution in [3.05, 3.63) is 36.0 Å². The summed E-state index contributed by atoms with van der Waals surface area (Å²) in [5.74, 6) is 0.822. The Hall–Kier alpha value is -1.46. The van der Waals surface area contributed by atoms with Gasteiger partial charge in [0.1, 0.15) is 0 Å². The van der Waals surface area contributed by atoms with Gasteiger partial charge in [0.15, 0.2) is 0 Å². The van der Waals surface area contributed by atoms with Gasteiger partial charge in [-0.2, -0.15) is 11.8 Å². The van der Waals surface area contributed by atoms with E-state index in [1.807, 2.05) is 36.7 Å². The Morgan fingerprint density at radius 1 is 1.45 bits per heavy atom. The van der Waals surface area contributed by atoms with Crippen LogP contribution in [0.4, 0.5) is 0 Å². The Morgan fingerprint density at radius 2 is 2.25 bits per heavy atom. The van der Waals surface area contributed by atoms with Crippen LogP contribution in [-0.2, 0) is 11.2 Å². The third kappa shape index (κ3) is 3.77. The zero-order chi connectivity index (χ0) is 14.4. The summed E-state index contributed by atoms with van der Waals surface area (Å²) < 4.78 is 0. The first-order chi connectivity index (χ1) is 9.74. The predicted octanol–water partition coefficient (Wildman–Crippen LogP) is 1.94. The lowest BCUT2D eigenvalue weighted by molar-refractivity contribution is -0.121. The van der Waals surface area contributed by atoms with E-state index in [9.17, 15) is 4.79 Å². The number of hydrogen-bond acceptors (Lipinski definition) is 3. The first kappa shape index (κ1) is 14.9. The molecule has 0 aliphatic rings. The number of hydrogen-bond donors (Lipinski definition) is 3. The van der Waals surface area contributed by atoms with Gasteiger partial charge in [0.25, 0.3) is 0 Å². The second-order valence-electron chi connectivity index (χ2n) is 4.77. The molecule has 2 aromatic rings. The van der Waals surface area contributed by atoms with Crippen molar-refractivity contribution in [1.29, 1.82) is 0 Å². The Bertz CT molecular complexity index is 562. The molecule has 4 nitrogen and oxygen atoms in total. The number of carbonyl (C=O) groups excluding carboxylic acids is 1.